The van der Waals surface area contributed by atoms with E-state index in [2.05, 4.69) is 22.2 Å². The standard InChI is InChI=1S/C21H25FN4OS/c1-16-8-9-18(14-19(16)22)23-20(27)15-28-21(24-17-6-4-3-5-7-17)26-12-10-25(2)11-13-26/h3-9,14H,10-13,15H2,1-2H3,(H,23,27). The molecule has 2 aromatic rings. The van der Waals surface area contributed by atoms with Gasteiger partial charge in [-0.2, -0.15) is 0 Å². The third-order valence-corrected chi connectivity index (χ3v) is 5.56. The number of halogens is 1. The highest BCUT2D eigenvalue weighted by Gasteiger charge is 2.19. The van der Waals surface area contributed by atoms with Crippen LogP contribution in [0.15, 0.2) is 53.5 Å². The van der Waals surface area contributed by atoms with E-state index in [0.717, 1.165) is 37.0 Å². The second kappa shape index (κ2) is 9.71. The maximum atomic E-state index is 13.7. The molecule has 1 amide bonds. The number of likely N-dealkylation sites (N-methyl/N-ethyl adjacent to an activating group) is 1. The van der Waals surface area contributed by atoms with Gasteiger partial charge in [0.2, 0.25) is 5.91 Å². The van der Waals surface area contributed by atoms with Gasteiger partial charge < -0.3 is 15.1 Å². The van der Waals surface area contributed by atoms with Gasteiger partial charge >= 0.3 is 0 Å². The van der Waals surface area contributed by atoms with Gasteiger partial charge in [-0.1, -0.05) is 36.0 Å². The van der Waals surface area contributed by atoms with Crippen molar-refractivity contribution in [2.45, 2.75) is 6.92 Å². The van der Waals surface area contributed by atoms with E-state index in [1.54, 1.807) is 19.1 Å². The van der Waals surface area contributed by atoms with Crippen LogP contribution in [-0.4, -0.2) is 59.9 Å². The highest BCUT2D eigenvalue weighted by atomic mass is 32.2. The molecule has 0 saturated carbocycles. The number of carbonyl (C=O) groups excluding carboxylic acids is 1. The molecule has 0 aromatic heterocycles. The molecule has 0 radical (unpaired) electrons. The first-order valence-corrected chi connectivity index (χ1v) is 10.3. The Morgan fingerprint density at radius 1 is 1.14 bits per heavy atom. The predicted octanol–water partition coefficient (Wildman–Crippen LogP) is 3.74. The van der Waals surface area contributed by atoms with Crippen LogP contribution in [0.4, 0.5) is 15.8 Å². The normalized spacial score (nSPS) is 15.5. The molecule has 1 fully saturated rings. The molecule has 5 nitrogen and oxygen atoms in total. The quantitative estimate of drug-likeness (QED) is 0.627. The Morgan fingerprint density at radius 2 is 1.86 bits per heavy atom. The van der Waals surface area contributed by atoms with Crippen LogP contribution in [-0.2, 0) is 4.79 Å². The molecule has 148 valence electrons. The van der Waals surface area contributed by atoms with Gasteiger partial charge in [-0.25, -0.2) is 9.38 Å². The van der Waals surface area contributed by atoms with Crippen LogP contribution in [0.3, 0.4) is 0 Å². The number of aliphatic imine (C=N–C) groups is 1. The van der Waals surface area contributed by atoms with Gasteiger partial charge in [0.05, 0.1) is 11.4 Å². The van der Waals surface area contributed by atoms with Crippen molar-refractivity contribution in [3.63, 3.8) is 0 Å². The number of hydrogen-bond donors (Lipinski definition) is 1. The lowest BCUT2D eigenvalue weighted by Gasteiger charge is -2.34. The number of amides is 1. The van der Waals surface area contributed by atoms with E-state index in [1.807, 2.05) is 30.3 Å². The second-order valence-corrected chi connectivity index (χ2v) is 7.76. The number of amidine groups is 1. The minimum absolute atomic E-state index is 0.178. The molecule has 7 heteroatoms. The summed E-state index contributed by atoms with van der Waals surface area (Å²) < 4.78 is 13.7. The number of piperazine rings is 1. The fourth-order valence-electron chi connectivity index (χ4n) is 2.80. The Labute approximate surface area is 169 Å². The molecule has 2 aromatic carbocycles. The molecule has 0 aliphatic carbocycles. The van der Waals surface area contributed by atoms with Gasteiger partial charge in [0, 0.05) is 31.9 Å². The number of nitrogens with zero attached hydrogens (tertiary/aromatic N) is 3. The summed E-state index contributed by atoms with van der Waals surface area (Å²) in [4.78, 5) is 21.6. The summed E-state index contributed by atoms with van der Waals surface area (Å²) in [6.07, 6.45) is 0. The summed E-state index contributed by atoms with van der Waals surface area (Å²) in [5.41, 5.74) is 1.89. The van der Waals surface area contributed by atoms with Crippen molar-refractivity contribution in [3.8, 4) is 0 Å². The molecule has 1 saturated heterocycles. The Hall–Kier alpha value is -2.38. The summed E-state index contributed by atoms with van der Waals surface area (Å²) in [5.74, 6) is -0.287. The smallest absolute Gasteiger partial charge is 0.234 e. The van der Waals surface area contributed by atoms with E-state index in [1.165, 1.54) is 17.8 Å². The number of anilines is 1. The van der Waals surface area contributed by atoms with Crippen LogP contribution in [0.2, 0.25) is 0 Å². The number of benzene rings is 2. The lowest BCUT2D eigenvalue weighted by molar-refractivity contribution is -0.113. The van der Waals surface area contributed by atoms with Crippen molar-refractivity contribution < 1.29 is 9.18 Å². The molecule has 1 N–H and O–H groups in total. The average molecular weight is 401 g/mol. The molecule has 28 heavy (non-hydrogen) atoms. The van der Waals surface area contributed by atoms with Gasteiger partial charge in [0.15, 0.2) is 5.17 Å². The average Bonchev–Trinajstić information content (AvgIpc) is 2.69. The second-order valence-electron chi connectivity index (χ2n) is 6.82. The molecule has 0 unspecified atom stereocenters. The molecular weight excluding hydrogens is 375 g/mol. The van der Waals surface area contributed by atoms with Gasteiger partial charge in [-0.15, -0.1) is 0 Å². The summed E-state index contributed by atoms with van der Waals surface area (Å²) in [6.45, 7) is 5.37. The number of nitrogens with one attached hydrogen (secondary N) is 1. The van der Waals surface area contributed by atoms with Crippen molar-refractivity contribution in [1.29, 1.82) is 0 Å². The summed E-state index contributed by atoms with van der Waals surface area (Å²) >= 11 is 1.41. The zero-order chi connectivity index (χ0) is 19.9. The van der Waals surface area contributed by atoms with Gasteiger partial charge in [0.25, 0.3) is 0 Å². The number of thioether (sulfide) groups is 1. The van der Waals surface area contributed by atoms with Crippen molar-refractivity contribution in [2.75, 3.05) is 44.3 Å². The number of rotatable bonds is 4. The highest BCUT2D eigenvalue weighted by Crippen LogP contribution is 2.20. The summed E-state index contributed by atoms with van der Waals surface area (Å²) in [5, 5.41) is 3.60. The maximum Gasteiger partial charge on any atom is 0.234 e. The van der Waals surface area contributed by atoms with E-state index in [-0.39, 0.29) is 17.5 Å². The SMILES string of the molecule is Cc1ccc(NC(=O)CSC(=Nc2ccccc2)N2CCN(C)CC2)cc1F. The van der Waals surface area contributed by atoms with Crippen molar-refractivity contribution in [2.24, 2.45) is 4.99 Å². The van der Waals surface area contributed by atoms with Gasteiger partial charge in [0.1, 0.15) is 5.82 Å². The summed E-state index contributed by atoms with van der Waals surface area (Å²) in [6, 6.07) is 14.5. The van der Waals surface area contributed by atoms with Crippen molar-refractivity contribution >= 4 is 34.2 Å². The first-order valence-electron chi connectivity index (χ1n) is 9.27. The lowest BCUT2D eigenvalue weighted by Crippen LogP contribution is -2.46. The maximum absolute atomic E-state index is 13.7. The summed E-state index contributed by atoms with van der Waals surface area (Å²) in [7, 11) is 2.10. The van der Waals surface area contributed by atoms with E-state index < -0.39 is 0 Å². The van der Waals surface area contributed by atoms with Gasteiger partial charge in [-0.3, -0.25) is 4.79 Å². The van der Waals surface area contributed by atoms with Crippen LogP contribution in [0.1, 0.15) is 5.56 Å². The lowest BCUT2D eigenvalue weighted by atomic mass is 10.2. The third kappa shape index (κ3) is 5.81. The number of para-hydroxylation sites is 1. The first kappa shape index (κ1) is 20.4. The van der Waals surface area contributed by atoms with Crippen molar-refractivity contribution in [1.82, 2.24) is 9.80 Å². The molecule has 0 bridgehead atoms. The fourth-order valence-corrected chi connectivity index (χ4v) is 3.67. The Kier molecular flexibility index (Phi) is 7.06. The molecular formula is C21H25FN4OS. The minimum atomic E-state index is -0.325. The van der Waals surface area contributed by atoms with Crippen LogP contribution in [0, 0.1) is 12.7 Å². The molecule has 3 rings (SSSR count). The zero-order valence-corrected chi connectivity index (χ0v) is 17.0. The molecule has 0 atom stereocenters. The van der Waals surface area contributed by atoms with E-state index >= 15 is 0 Å². The Balaban J connectivity index is 1.66. The molecule has 1 heterocycles. The minimum Gasteiger partial charge on any atom is -0.349 e. The molecule has 1 aliphatic rings. The highest BCUT2D eigenvalue weighted by molar-refractivity contribution is 8.14. The molecule has 0 spiro atoms. The van der Waals surface area contributed by atoms with Crippen LogP contribution in [0.5, 0.6) is 0 Å². The number of aryl methyl sites for hydroxylation is 1. The predicted molar refractivity (Wildman–Crippen MR) is 115 cm³/mol. The van der Waals surface area contributed by atoms with Crippen molar-refractivity contribution in [3.05, 3.63) is 59.9 Å². The van der Waals surface area contributed by atoms with Crippen LogP contribution < -0.4 is 5.32 Å². The fraction of sp³-hybridized carbons (Fsp3) is 0.333. The number of carbonyl (C=O) groups is 1. The van der Waals surface area contributed by atoms with Crippen LogP contribution in [0.25, 0.3) is 0 Å². The number of hydrogen-bond acceptors (Lipinski definition) is 4. The monoisotopic (exact) mass is 400 g/mol. The topological polar surface area (TPSA) is 47.9 Å². The van der Waals surface area contributed by atoms with E-state index in [0.29, 0.717) is 11.3 Å². The zero-order valence-electron chi connectivity index (χ0n) is 16.2. The first-order chi connectivity index (χ1) is 13.5. The van der Waals surface area contributed by atoms with Crippen LogP contribution >= 0.6 is 11.8 Å². The largest absolute Gasteiger partial charge is 0.349 e. The van der Waals surface area contributed by atoms with E-state index in [4.69, 9.17) is 4.99 Å². The van der Waals surface area contributed by atoms with E-state index in [9.17, 15) is 9.18 Å². The Bertz CT molecular complexity index is 836. The third-order valence-electron chi connectivity index (χ3n) is 4.54. The van der Waals surface area contributed by atoms with Gasteiger partial charge in [-0.05, 0) is 43.8 Å². The Morgan fingerprint density at radius 3 is 2.54 bits per heavy atom. The molecule has 1 aliphatic heterocycles.